The Hall–Kier alpha value is -0.610. The Morgan fingerprint density at radius 2 is 2.06 bits per heavy atom. The van der Waals surface area contributed by atoms with Gasteiger partial charge in [0.05, 0.1) is 0 Å². The molecule has 4 heteroatoms. The Morgan fingerprint density at radius 3 is 2.53 bits per heavy atom. The fourth-order valence-corrected chi connectivity index (χ4v) is 2.41. The second-order valence-electron chi connectivity index (χ2n) is 5.51. The number of nitrogens with one attached hydrogen (secondary N) is 1. The number of carboxylic acids is 1. The van der Waals surface area contributed by atoms with Gasteiger partial charge in [-0.05, 0) is 58.8 Å². The second kappa shape index (κ2) is 6.36. The van der Waals surface area contributed by atoms with Gasteiger partial charge < -0.3 is 15.3 Å². The Morgan fingerprint density at radius 1 is 1.47 bits per heavy atom. The number of nitrogens with zero attached hydrogens (tertiary/aromatic N) is 1. The third-order valence-electron chi connectivity index (χ3n) is 3.84. The van der Waals surface area contributed by atoms with Crippen molar-refractivity contribution >= 4 is 5.97 Å². The molecule has 2 N–H and O–H groups in total. The van der Waals surface area contributed by atoms with E-state index in [9.17, 15) is 9.90 Å². The van der Waals surface area contributed by atoms with Crippen LogP contribution in [0.1, 0.15) is 39.5 Å². The molecule has 0 saturated carbocycles. The molecular weight excluding hydrogens is 216 g/mol. The molecule has 17 heavy (non-hydrogen) atoms. The number of hydrogen-bond donors (Lipinski definition) is 2. The number of carboxylic acid groups (broad SMARTS) is 1. The van der Waals surface area contributed by atoms with E-state index >= 15 is 0 Å². The van der Waals surface area contributed by atoms with Crippen molar-refractivity contribution in [2.75, 3.05) is 26.7 Å². The molecule has 1 aliphatic rings. The van der Waals surface area contributed by atoms with Crippen molar-refractivity contribution in [1.29, 1.82) is 0 Å². The fraction of sp³-hybridized carbons (Fsp3) is 0.923. The van der Waals surface area contributed by atoms with Gasteiger partial charge in [0, 0.05) is 0 Å². The Labute approximate surface area is 104 Å². The van der Waals surface area contributed by atoms with Gasteiger partial charge >= 0.3 is 5.97 Å². The van der Waals surface area contributed by atoms with Crippen molar-refractivity contribution in [1.82, 2.24) is 10.2 Å². The van der Waals surface area contributed by atoms with E-state index in [1.807, 2.05) is 6.92 Å². The van der Waals surface area contributed by atoms with Gasteiger partial charge in [0.15, 0.2) is 0 Å². The van der Waals surface area contributed by atoms with Crippen LogP contribution in [0.5, 0.6) is 0 Å². The van der Waals surface area contributed by atoms with Crippen LogP contribution in [0.4, 0.5) is 0 Å². The average Bonchev–Trinajstić information content (AvgIpc) is 2.28. The van der Waals surface area contributed by atoms with E-state index in [2.05, 4.69) is 17.3 Å². The summed E-state index contributed by atoms with van der Waals surface area (Å²) in [4.78, 5) is 13.6. The smallest absolute Gasteiger partial charge is 0.323 e. The van der Waals surface area contributed by atoms with Crippen LogP contribution in [0.15, 0.2) is 0 Å². The van der Waals surface area contributed by atoms with Gasteiger partial charge in [0.25, 0.3) is 0 Å². The lowest BCUT2D eigenvalue weighted by Gasteiger charge is -2.32. The lowest BCUT2D eigenvalue weighted by atomic mass is 9.92. The van der Waals surface area contributed by atoms with Crippen molar-refractivity contribution in [3.05, 3.63) is 0 Å². The SMILES string of the molecule is CCCC(C)(NCC1CCN(C)CC1)C(=O)O. The Bertz CT molecular complexity index is 250. The summed E-state index contributed by atoms with van der Waals surface area (Å²) in [7, 11) is 2.14. The number of rotatable bonds is 6. The first-order valence-corrected chi connectivity index (χ1v) is 6.65. The van der Waals surface area contributed by atoms with E-state index in [4.69, 9.17) is 0 Å². The zero-order chi connectivity index (χ0) is 12.9. The minimum absolute atomic E-state index is 0.627. The van der Waals surface area contributed by atoms with Crippen LogP contribution in [0.3, 0.4) is 0 Å². The van der Waals surface area contributed by atoms with E-state index in [1.165, 1.54) is 12.8 Å². The van der Waals surface area contributed by atoms with Crippen LogP contribution in [0.2, 0.25) is 0 Å². The molecule has 0 aromatic rings. The number of likely N-dealkylation sites (tertiary alicyclic amines) is 1. The average molecular weight is 242 g/mol. The first-order valence-electron chi connectivity index (χ1n) is 6.65. The Balaban J connectivity index is 2.39. The second-order valence-corrected chi connectivity index (χ2v) is 5.51. The summed E-state index contributed by atoms with van der Waals surface area (Å²) < 4.78 is 0. The molecule has 1 unspecified atom stereocenters. The van der Waals surface area contributed by atoms with Gasteiger partial charge in [-0.1, -0.05) is 13.3 Å². The quantitative estimate of drug-likeness (QED) is 0.742. The molecule has 0 spiro atoms. The van der Waals surface area contributed by atoms with E-state index in [0.29, 0.717) is 12.3 Å². The molecular formula is C13H26N2O2. The molecule has 0 amide bonds. The number of hydrogen-bond acceptors (Lipinski definition) is 3. The molecule has 0 aromatic carbocycles. The molecule has 0 bridgehead atoms. The van der Waals surface area contributed by atoms with Crippen LogP contribution < -0.4 is 5.32 Å². The maximum Gasteiger partial charge on any atom is 0.323 e. The summed E-state index contributed by atoms with van der Waals surface area (Å²) in [6, 6.07) is 0. The monoisotopic (exact) mass is 242 g/mol. The third-order valence-corrected chi connectivity index (χ3v) is 3.84. The molecule has 1 aliphatic heterocycles. The first-order chi connectivity index (χ1) is 7.98. The normalized spacial score (nSPS) is 22.3. The van der Waals surface area contributed by atoms with Gasteiger partial charge in [0.2, 0.25) is 0 Å². The zero-order valence-corrected chi connectivity index (χ0v) is 11.3. The van der Waals surface area contributed by atoms with Gasteiger partial charge in [-0.2, -0.15) is 0 Å². The van der Waals surface area contributed by atoms with Crippen LogP contribution in [-0.2, 0) is 4.79 Å². The highest BCUT2D eigenvalue weighted by Crippen LogP contribution is 2.18. The summed E-state index contributed by atoms with van der Waals surface area (Å²) in [5.74, 6) is -0.103. The van der Waals surface area contributed by atoms with Crippen molar-refractivity contribution in [3.8, 4) is 0 Å². The van der Waals surface area contributed by atoms with E-state index < -0.39 is 11.5 Å². The molecule has 1 fully saturated rings. The van der Waals surface area contributed by atoms with Gasteiger partial charge in [-0.25, -0.2) is 0 Å². The molecule has 1 atom stereocenters. The van der Waals surface area contributed by atoms with E-state index in [-0.39, 0.29) is 0 Å². The van der Waals surface area contributed by atoms with E-state index in [0.717, 1.165) is 26.1 Å². The lowest BCUT2D eigenvalue weighted by molar-refractivity contribution is -0.144. The maximum atomic E-state index is 11.3. The lowest BCUT2D eigenvalue weighted by Crippen LogP contribution is -2.51. The molecule has 0 radical (unpaired) electrons. The van der Waals surface area contributed by atoms with Crippen LogP contribution in [-0.4, -0.2) is 48.2 Å². The maximum absolute atomic E-state index is 11.3. The highest BCUT2D eigenvalue weighted by atomic mass is 16.4. The molecule has 1 heterocycles. The van der Waals surface area contributed by atoms with Gasteiger partial charge in [-0.15, -0.1) is 0 Å². The summed E-state index contributed by atoms with van der Waals surface area (Å²) >= 11 is 0. The molecule has 0 aromatic heterocycles. The molecule has 100 valence electrons. The summed E-state index contributed by atoms with van der Waals surface area (Å²) in [6.07, 6.45) is 3.93. The van der Waals surface area contributed by atoms with Gasteiger partial charge in [-0.3, -0.25) is 4.79 Å². The molecule has 1 saturated heterocycles. The first kappa shape index (κ1) is 14.5. The summed E-state index contributed by atoms with van der Waals surface area (Å²) in [5, 5.41) is 12.5. The highest BCUT2D eigenvalue weighted by Gasteiger charge is 2.32. The van der Waals surface area contributed by atoms with E-state index in [1.54, 1.807) is 6.92 Å². The zero-order valence-electron chi connectivity index (χ0n) is 11.3. The molecule has 0 aliphatic carbocycles. The fourth-order valence-electron chi connectivity index (χ4n) is 2.41. The van der Waals surface area contributed by atoms with Crippen LogP contribution in [0.25, 0.3) is 0 Å². The Kier molecular flexibility index (Phi) is 5.40. The van der Waals surface area contributed by atoms with Crippen molar-refractivity contribution in [3.63, 3.8) is 0 Å². The number of carbonyl (C=O) groups is 1. The summed E-state index contributed by atoms with van der Waals surface area (Å²) in [6.45, 7) is 6.91. The number of aliphatic carboxylic acids is 1. The summed E-state index contributed by atoms with van der Waals surface area (Å²) in [5.41, 5.74) is -0.752. The molecule has 4 nitrogen and oxygen atoms in total. The third kappa shape index (κ3) is 4.28. The van der Waals surface area contributed by atoms with Crippen LogP contribution >= 0.6 is 0 Å². The van der Waals surface area contributed by atoms with Crippen molar-refractivity contribution < 1.29 is 9.90 Å². The highest BCUT2D eigenvalue weighted by molar-refractivity contribution is 5.78. The number of piperidine rings is 1. The molecule has 1 rings (SSSR count). The van der Waals surface area contributed by atoms with Crippen molar-refractivity contribution in [2.45, 2.75) is 45.1 Å². The minimum atomic E-state index is -0.752. The minimum Gasteiger partial charge on any atom is -0.480 e. The van der Waals surface area contributed by atoms with Gasteiger partial charge in [0.1, 0.15) is 5.54 Å². The predicted molar refractivity (Wildman–Crippen MR) is 69.2 cm³/mol. The topological polar surface area (TPSA) is 52.6 Å². The predicted octanol–water partition coefficient (Wildman–Crippen LogP) is 1.56. The van der Waals surface area contributed by atoms with Crippen molar-refractivity contribution in [2.24, 2.45) is 5.92 Å². The standard InChI is InChI=1S/C13H26N2O2/c1-4-7-13(2,12(16)17)14-10-11-5-8-15(3)9-6-11/h11,14H,4-10H2,1-3H3,(H,16,17). The largest absolute Gasteiger partial charge is 0.480 e. The van der Waals surface area contributed by atoms with Crippen LogP contribution in [0, 0.1) is 5.92 Å².